The zero-order valence-corrected chi connectivity index (χ0v) is 23.6. The molecule has 3 aromatic carbocycles. The van der Waals surface area contributed by atoms with Crippen LogP contribution in [0.1, 0.15) is 34.3 Å². The quantitative estimate of drug-likeness (QED) is 0.242. The summed E-state index contributed by atoms with van der Waals surface area (Å²) in [6.07, 6.45) is 1.60. The number of halogens is 4. The largest absolute Gasteiger partial charge is 0.381 e. The highest BCUT2D eigenvalue weighted by Crippen LogP contribution is 2.38. The Morgan fingerprint density at radius 2 is 1.67 bits per heavy atom. The van der Waals surface area contributed by atoms with Crippen LogP contribution in [0.15, 0.2) is 54.6 Å². The predicted octanol–water partition coefficient (Wildman–Crippen LogP) is 5.58. The van der Waals surface area contributed by atoms with Gasteiger partial charge in [-0.15, -0.1) is 0 Å². The van der Waals surface area contributed by atoms with Gasteiger partial charge in [0, 0.05) is 79.4 Å². The lowest BCUT2D eigenvalue weighted by atomic mass is 9.98. The van der Waals surface area contributed by atoms with Crippen LogP contribution in [-0.2, 0) is 10.7 Å². The lowest BCUT2D eigenvalue weighted by Gasteiger charge is -2.34. The summed E-state index contributed by atoms with van der Waals surface area (Å²) < 4.78 is 63.6. The van der Waals surface area contributed by atoms with E-state index in [2.05, 4.69) is 37.7 Å². The van der Waals surface area contributed by atoms with Gasteiger partial charge in [0.25, 0.3) is 11.8 Å². The van der Waals surface area contributed by atoms with Gasteiger partial charge in [0.2, 0.25) is 0 Å². The number of aromatic amines is 1. The summed E-state index contributed by atoms with van der Waals surface area (Å²) in [6, 6.07) is 11.2. The van der Waals surface area contributed by atoms with Crippen LogP contribution in [0.25, 0.3) is 10.9 Å². The van der Waals surface area contributed by atoms with Crippen molar-refractivity contribution in [2.24, 2.45) is 0 Å². The molecule has 8 nitrogen and oxygen atoms in total. The van der Waals surface area contributed by atoms with Gasteiger partial charge in [0.1, 0.15) is 11.6 Å². The van der Waals surface area contributed by atoms with E-state index in [-0.39, 0.29) is 17.2 Å². The fourth-order valence-corrected chi connectivity index (χ4v) is 5.55. The van der Waals surface area contributed by atoms with E-state index in [0.717, 1.165) is 56.8 Å². The van der Waals surface area contributed by atoms with Crippen LogP contribution in [0.2, 0.25) is 0 Å². The second-order valence-corrected chi connectivity index (χ2v) is 11.1. The molecule has 1 amide bonds. The summed E-state index contributed by atoms with van der Waals surface area (Å²) in [6.45, 7) is 4.87. The van der Waals surface area contributed by atoms with Gasteiger partial charge in [0.05, 0.1) is 11.1 Å². The van der Waals surface area contributed by atoms with Crippen LogP contribution in [-0.4, -0.2) is 73.5 Å². The molecule has 43 heavy (non-hydrogen) atoms. The first-order chi connectivity index (χ1) is 20.7. The molecule has 1 aromatic heterocycles. The number of fused-ring (bicyclic) bond motifs is 1. The molecule has 2 aliphatic rings. The van der Waals surface area contributed by atoms with Crippen molar-refractivity contribution < 1.29 is 27.1 Å². The van der Waals surface area contributed by atoms with E-state index < -0.39 is 34.6 Å². The van der Waals surface area contributed by atoms with Gasteiger partial charge in [0.15, 0.2) is 5.82 Å². The van der Waals surface area contributed by atoms with E-state index in [0.29, 0.717) is 48.2 Å². The molecule has 4 aromatic rings. The fraction of sp³-hybridized carbons (Fsp3) is 0.355. The normalized spacial score (nSPS) is 16.9. The molecule has 0 saturated carbocycles. The number of benzene rings is 3. The Morgan fingerprint density at radius 3 is 2.40 bits per heavy atom. The van der Waals surface area contributed by atoms with Crippen LogP contribution in [0, 0.1) is 11.6 Å². The van der Waals surface area contributed by atoms with Crippen molar-refractivity contribution in [1.82, 2.24) is 15.1 Å². The number of amides is 1. The van der Waals surface area contributed by atoms with E-state index in [1.165, 1.54) is 6.07 Å². The summed E-state index contributed by atoms with van der Waals surface area (Å²) in [4.78, 5) is 18.2. The van der Waals surface area contributed by atoms with Gasteiger partial charge in [-0.3, -0.25) is 9.89 Å². The number of hydrogen-bond acceptors (Lipinski definition) is 6. The average Bonchev–Trinajstić information content (AvgIpc) is 3.39. The Hall–Kier alpha value is -4.16. The van der Waals surface area contributed by atoms with Gasteiger partial charge >= 0.3 is 0 Å². The SMILES string of the molecule is CN1CCN(c2ccc(C(=O)Nc3n[nH]c4ccc(C(F)(F)c5cc(F)cc(F)c5)cc34)c(NC3CCOCC3)c2)CC1. The summed E-state index contributed by atoms with van der Waals surface area (Å²) >= 11 is 0. The first-order valence-electron chi connectivity index (χ1n) is 14.2. The van der Waals surface area contributed by atoms with E-state index in [1.807, 2.05) is 12.1 Å². The fourth-order valence-electron chi connectivity index (χ4n) is 5.55. The minimum Gasteiger partial charge on any atom is -0.381 e. The van der Waals surface area contributed by atoms with Crippen molar-refractivity contribution in [3.05, 3.63) is 82.9 Å². The zero-order valence-electron chi connectivity index (χ0n) is 23.6. The second kappa shape index (κ2) is 11.8. The predicted molar refractivity (Wildman–Crippen MR) is 157 cm³/mol. The number of piperazine rings is 1. The summed E-state index contributed by atoms with van der Waals surface area (Å²) in [5, 5.41) is 13.4. The third-order valence-electron chi connectivity index (χ3n) is 8.08. The zero-order chi connectivity index (χ0) is 30.1. The Morgan fingerprint density at radius 1 is 0.953 bits per heavy atom. The van der Waals surface area contributed by atoms with E-state index in [4.69, 9.17) is 4.74 Å². The van der Waals surface area contributed by atoms with Crippen molar-refractivity contribution in [2.45, 2.75) is 24.8 Å². The number of aromatic nitrogens is 2. The maximum Gasteiger partial charge on any atom is 0.298 e. The number of likely N-dealkylation sites (N-methyl/N-ethyl adjacent to an activating group) is 1. The summed E-state index contributed by atoms with van der Waals surface area (Å²) in [7, 11) is 2.09. The van der Waals surface area contributed by atoms with E-state index in [1.54, 1.807) is 6.07 Å². The van der Waals surface area contributed by atoms with Crippen LogP contribution < -0.4 is 15.5 Å². The number of hydrogen-bond donors (Lipinski definition) is 3. The number of anilines is 3. The van der Waals surface area contributed by atoms with Gasteiger partial charge in [-0.05, 0) is 62.4 Å². The molecular formula is C31H32F4N6O2. The number of H-pyrrole nitrogens is 1. The van der Waals surface area contributed by atoms with Gasteiger partial charge in [-0.2, -0.15) is 13.9 Å². The highest BCUT2D eigenvalue weighted by Gasteiger charge is 2.35. The number of nitrogens with zero attached hydrogens (tertiary/aromatic N) is 3. The highest BCUT2D eigenvalue weighted by atomic mass is 19.3. The number of nitrogens with one attached hydrogen (secondary N) is 3. The number of carbonyl (C=O) groups excluding carboxylic acids is 1. The van der Waals surface area contributed by atoms with E-state index in [9.17, 15) is 13.6 Å². The van der Waals surface area contributed by atoms with Gasteiger partial charge < -0.3 is 25.2 Å². The molecular weight excluding hydrogens is 564 g/mol. The molecule has 226 valence electrons. The van der Waals surface area contributed by atoms with Crippen LogP contribution >= 0.6 is 0 Å². The topological polar surface area (TPSA) is 85.5 Å². The Bertz CT molecular complexity index is 1610. The Balaban J connectivity index is 1.29. The molecule has 0 aliphatic carbocycles. The van der Waals surface area contributed by atoms with Gasteiger partial charge in [-0.1, -0.05) is 6.07 Å². The monoisotopic (exact) mass is 596 g/mol. The number of carbonyl (C=O) groups is 1. The van der Waals surface area contributed by atoms with Crippen molar-refractivity contribution in [3.63, 3.8) is 0 Å². The molecule has 2 saturated heterocycles. The van der Waals surface area contributed by atoms with Crippen molar-refractivity contribution in [1.29, 1.82) is 0 Å². The van der Waals surface area contributed by atoms with Crippen LogP contribution in [0.5, 0.6) is 0 Å². The van der Waals surface area contributed by atoms with Gasteiger partial charge in [-0.25, -0.2) is 8.78 Å². The molecule has 0 radical (unpaired) electrons. The first kappa shape index (κ1) is 28.9. The molecule has 0 spiro atoms. The molecule has 3 N–H and O–H groups in total. The molecule has 0 bridgehead atoms. The Kier molecular flexibility index (Phi) is 7.97. The third-order valence-corrected chi connectivity index (χ3v) is 8.08. The Labute approximate surface area is 246 Å². The van der Waals surface area contributed by atoms with Crippen LogP contribution in [0.3, 0.4) is 0 Å². The molecule has 3 heterocycles. The summed E-state index contributed by atoms with van der Waals surface area (Å²) in [5.74, 6) is -6.30. The highest BCUT2D eigenvalue weighted by molar-refractivity contribution is 6.11. The molecule has 12 heteroatoms. The van der Waals surface area contributed by atoms with Crippen molar-refractivity contribution in [2.75, 3.05) is 62.0 Å². The minimum absolute atomic E-state index is 0.0585. The minimum atomic E-state index is -3.70. The first-order valence-corrected chi connectivity index (χ1v) is 14.2. The lowest BCUT2D eigenvalue weighted by molar-refractivity contribution is 0.0423. The van der Waals surface area contributed by atoms with E-state index >= 15 is 8.78 Å². The average molecular weight is 597 g/mol. The third kappa shape index (κ3) is 6.16. The lowest BCUT2D eigenvalue weighted by Crippen LogP contribution is -2.44. The number of alkyl halides is 2. The maximum absolute atomic E-state index is 15.4. The molecule has 6 rings (SSSR count). The number of rotatable bonds is 7. The van der Waals surface area contributed by atoms with Crippen LogP contribution in [0.4, 0.5) is 34.8 Å². The second-order valence-electron chi connectivity index (χ2n) is 11.1. The summed E-state index contributed by atoms with van der Waals surface area (Å²) in [5.41, 5.74) is 1.15. The molecule has 2 fully saturated rings. The molecule has 2 aliphatic heterocycles. The molecule has 0 unspecified atom stereocenters. The van der Waals surface area contributed by atoms with Crippen molar-refractivity contribution in [3.8, 4) is 0 Å². The number of ether oxygens (including phenoxy) is 1. The molecule has 0 atom stereocenters. The van der Waals surface area contributed by atoms with Crippen molar-refractivity contribution >= 4 is 34.0 Å². The maximum atomic E-state index is 15.4. The smallest absolute Gasteiger partial charge is 0.298 e. The standard InChI is InChI=1S/C31H32F4N6O2/c1-40-8-10-41(11-9-40)24-3-4-25(28(18-24)36-23-6-12-43-13-7-23)30(42)37-29-26-16-19(2-5-27(26)38-39-29)31(34,35)20-14-21(32)17-22(33)15-20/h2-5,14-18,23,36H,6-13H2,1H3,(H2,37,38,39,42).